The second-order valence-electron chi connectivity index (χ2n) is 6.88. The minimum Gasteiger partial charge on any atom is -0.449 e. The molecule has 3 rings (SSSR count). The van der Waals surface area contributed by atoms with E-state index in [-0.39, 0.29) is 11.9 Å². The van der Waals surface area contributed by atoms with Crippen molar-refractivity contribution in [3.8, 4) is 0 Å². The third-order valence-electron chi connectivity index (χ3n) is 4.68. The van der Waals surface area contributed by atoms with Crippen molar-refractivity contribution in [1.29, 1.82) is 0 Å². The Bertz CT molecular complexity index is 568. The first-order valence-electron chi connectivity index (χ1n) is 8.52. The first-order chi connectivity index (χ1) is 11.1. The van der Waals surface area contributed by atoms with Crippen LogP contribution in [0.15, 0.2) is 18.2 Å². The van der Waals surface area contributed by atoms with E-state index in [1.807, 2.05) is 19.9 Å². The molecule has 1 fully saturated rings. The molecule has 2 aliphatic heterocycles. The molecule has 1 saturated heterocycles. The molecule has 0 bridgehead atoms. The number of benzene rings is 1. The Kier molecular flexibility index (Phi) is 4.74. The number of carbonyl (C=O) groups is 1. The Hall–Kier alpha value is -1.78. The van der Waals surface area contributed by atoms with E-state index in [0.29, 0.717) is 31.7 Å². The van der Waals surface area contributed by atoms with Gasteiger partial charge < -0.3 is 14.5 Å². The number of piperidine rings is 1. The molecule has 0 unspecified atom stereocenters. The molecule has 0 spiro atoms. The Morgan fingerprint density at radius 2 is 2.04 bits per heavy atom. The summed E-state index contributed by atoms with van der Waals surface area (Å²) in [6.07, 6.45) is 2.42. The van der Waals surface area contributed by atoms with Crippen LogP contribution >= 0.6 is 0 Å². The van der Waals surface area contributed by atoms with Gasteiger partial charge in [0, 0.05) is 25.7 Å². The maximum absolute atomic E-state index is 14.2. The molecule has 126 valence electrons. The van der Waals surface area contributed by atoms with Crippen LogP contribution in [0.25, 0.3) is 0 Å². The summed E-state index contributed by atoms with van der Waals surface area (Å²) in [6.45, 7) is 6.75. The van der Waals surface area contributed by atoms with Gasteiger partial charge in [0.05, 0.1) is 12.3 Å². The summed E-state index contributed by atoms with van der Waals surface area (Å²) in [5, 5.41) is 0. The lowest BCUT2D eigenvalue weighted by atomic mass is 10.0. The largest absolute Gasteiger partial charge is 0.449 e. The average molecular weight is 320 g/mol. The summed E-state index contributed by atoms with van der Waals surface area (Å²) in [7, 11) is 0. The van der Waals surface area contributed by atoms with Crippen molar-refractivity contribution in [2.45, 2.75) is 39.2 Å². The Balaban J connectivity index is 1.58. The minimum atomic E-state index is -0.217. The first kappa shape index (κ1) is 16.1. The van der Waals surface area contributed by atoms with Crippen molar-refractivity contribution < 1.29 is 13.9 Å². The second kappa shape index (κ2) is 6.77. The SMILES string of the molecule is CC(C)COC(=O)N1CCC(N2CCc3cccc(F)c32)CC1. The maximum atomic E-state index is 14.2. The van der Waals surface area contributed by atoms with Crippen LogP contribution in [0.1, 0.15) is 32.3 Å². The number of hydrogen-bond donors (Lipinski definition) is 0. The van der Waals surface area contributed by atoms with Crippen LogP contribution in [0.4, 0.5) is 14.9 Å². The van der Waals surface area contributed by atoms with Gasteiger partial charge in [-0.05, 0) is 36.8 Å². The number of fused-ring (bicyclic) bond motifs is 1. The van der Waals surface area contributed by atoms with E-state index < -0.39 is 0 Å². The number of likely N-dealkylation sites (tertiary alicyclic amines) is 1. The fourth-order valence-corrected chi connectivity index (χ4v) is 3.49. The maximum Gasteiger partial charge on any atom is 0.409 e. The van der Waals surface area contributed by atoms with E-state index >= 15 is 0 Å². The summed E-state index contributed by atoms with van der Waals surface area (Å²) in [5.41, 5.74) is 1.87. The van der Waals surface area contributed by atoms with E-state index in [0.717, 1.165) is 37.1 Å². The highest BCUT2D eigenvalue weighted by Crippen LogP contribution is 2.34. The highest BCUT2D eigenvalue weighted by atomic mass is 19.1. The fourth-order valence-electron chi connectivity index (χ4n) is 3.49. The number of amides is 1. The fraction of sp³-hybridized carbons (Fsp3) is 0.611. The van der Waals surface area contributed by atoms with Crippen molar-refractivity contribution in [2.75, 3.05) is 31.1 Å². The number of anilines is 1. The van der Waals surface area contributed by atoms with E-state index in [9.17, 15) is 9.18 Å². The molecule has 0 atom stereocenters. The van der Waals surface area contributed by atoms with Gasteiger partial charge in [-0.2, -0.15) is 0 Å². The van der Waals surface area contributed by atoms with E-state index in [4.69, 9.17) is 4.74 Å². The van der Waals surface area contributed by atoms with Crippen molar-refractivity contribution in [2.24, 2.45) is 5.92 Å². The number of para-hydroxylation sites is 1. The number of hydrogen-bond acceptors (Lipinski definition) is 3. The van der Waals surface area contributed by atoms with Crippen LogP contribution in [-0.2, 0) is 11.2 Å². The summed E-state index contributed by atoms with van der Waals surface area (Å²) in [5.74, 6) is 0.222. The lowest BCUT2D eigenvalue weighted by molar-refractivity contribution is 0.0833. The Labute approximate surface area is 137 Å². The summed E-state index contributed by atoms with van der Waals surface area (Å²) in [6, 6.07) is 5.64. The molecule has 2 heterocycles. The normalized spacial score (nSPS) is 18.4. The van der Waals surface area contributed by atoms with Crippen molar-refractivity contribution in [3.05, 3.63) is 29.6 Å². The highest BCUT2D eigenvalue weighted by molar-refractivity contribution is 5.68. The molecular weight excluding hydrogens is 295 g/mol. The Morgan fingerprint density at radius 3 is 2.74 bits per heavy atom. The molecule has 1 aromatic carbocycles. The summed E-state index contributed by atoms with van der Waals surface area (Å²) >= 11 is 0. The number of nitrogens with zero attached hydrogens (tertiary/aromatic N) is 2. The van der Waals surface area contributed by atoms with Crippen LogP contribution < -0.4 is 4.90 Å². The number of rotatable bonds is 3. The van der Waals surface area contributed by atoms with Gasteiger partial charge in [-0.3, -0.25) is 0 Å². The van der Waals surface area contributed by atoms with Gasteiger partial charge in [0.2, 0.25) is 0 Å². The standard InChI is InChI=1S/C18H25FN2O2/c1-13(2)12-23-18(22)20-9-7-15(8-10-20)21-11-6-14-4-3-5-16(19)17(14)21/h3-5,13,15H,6-12H2,1-2H3. The smallest absolute Gasteiger partial charge is 0.409 e. The zero-order valence-corrected chi connectivity index (χ0v) is 13.9. The van der Waals surface area contributed by atoms with Gasteiger partial charge in [-0.15, -0.1) is 0 Å². The molecule has 1 amide bonds. The molecule has 2 aliphatic rings. The monoisotopic (exact) mass is 320 g/mol. The quantitative estimate of drug-likeness (QED) is 0.855. The minimum absolute atomic E-state index is 0.126. The number of halogens is 1. The third kappa shape index (κ3) is 3.43. The van der Waals surface area contributed by atoms with E-state index in [1.165, 1.54) is 6.07 Å². The van der Waals surface area contributed by atoms with Gasteiger partial charge >= 0.3 is 6.09 Å². The first-order valence-corrected chi connectivity index (χ1v) is 8.52. The second-order valence-corrected chi connectivity index (χ2v) is 6.88. The summed E-state index contributed by atoms with van der Waals surface area (Å²) < 4.78 is 19.4. The van der Waals surface area contributed by atoms with Gasteiger partial charge in [0.25, 0.3) is 0 Å². The average Bonchev–Trinajstić information content (AvgIpc) is 2.98. The molecule has 0 radical (unpaired) electrons. The van der Waals surface area contributed by atoms with Crippen LogP contribution in [0.3, 0.4) is 0 Å². The lowest BCUT2D eigenvalue weighted by Gasteiger charge is -2.37. The van der Waals surface area contributed by atoms with Crippen LogP contribution in [0, 0.1) is 11.7 Å². The molecule has 23 heavy (non-hydrogen) atoms. The van der Waals surface area contributed by atoms with Crippen molar-refractivity contribution in [1.82, 2.24) is 4.90 Å². The van der Waals surface area contributed by atoms with Crippen LogP contribution in [0.5, 0.6) is 0 Å². The molecule has 5 heteroatoms. The molecule has 0 aromatic heterocycles. The molecule has 0 N–H and O–H groups in total. The molecule has 0 aliphatic carbocycles. The van der Waals surface area contributed by atoms with Crippen LogP contribution in [0.2, 0.25) is 0 Å². The summed E-state index contributed by atoms with van der Waals surface area (Å²) in [4.78, 5) is 16.0. The molecular formula is C18H25FN2O2. The van der Waals surface area contributed by atoms with E-state index in [2.05, 4.69) is 4.90 Å². The predicted molar refractivity (Wildman–Crippen MR) is 88.2 cm³/mol. The molecule has 1 aromatic rings. The zero-order valence-electron chi connectivity index (χ0n) is 13.9. The topological polar surface area (TPSA) is 32.8 Å². The van der Waals surface area contributed by atoms with Gasteiger partial charge in [0.1, 0.15) is 5.82 Å². The molecule has 0 saturated carbocycles. The lowest BCUT2D eigenvalue weighted by Crippen LogP contribution is -2.46. The zero-order chi connectivity index (χ0) is 16.4. The van der Waals surface area contributed by atoms with E-state index in [1.54, 1.807) is 11.0 Å². The van der Waals surface area contributed by atoms with Gasteiger partial charge in [0.15, 0.2) is 0 Å². The van der Waals surface area contributed by atoms with Crippen molar-refractivity contribution in [3.63, 3.8) is 0 Å². The highest BCUT2D eigenvalue weighted by Gasteiger charge is 2.32. The predicted octanol–water partition coefficient (Wildman–Crippen LogP) is 3.45. The van der Waals surface area contributed by atoms with Crippen molar-refractivity contribution >= 4 is 11.8 Å². The Morgan fingerprint density at radius 1 is 1.30 bits per heavy atom. The number of ether oxygens (including phenoxy) is 1. The van der Waals surface area contributed by atoms with Gasteiger partial charge in [-0.25, -0.2) is 9.18 Å². The van der Waals surface area contributed by atoms with Gasteiger partial charge in [-0.1, -0.05) is 26.0 Å². The number of carbonyl (C=O) groups excluding carboxylic acids is 1. The van der Waals surface area contributed by atoms with Crippen LogP contribution in [-0.4, -0.2) is 43.3 Å². The molecule has 4 nitrogen and oxygen atoms in total. The third-order valence-corrected chi connectivity index (χ3v) is 4.68.